The summed E-state index contributed by atoms with van der Waals surface area (Å²) in [6.07, 6.45) is 5.62. The van der Waals surface area contributed by atoms with Gasteiger partial charge in [0.1, 0.15) is 16.6 Å². The molecule has 1 heterocycles. The van der Waals surface area contributed by atoms with Crippen molar-refractivity contribution in [3.05, 3.63) is 52.2 Å². The SMILES string of the molecule is CCC/C=C(/c1cnc(OCC(C)C)c(Cl)c1)c1cc(O)c(C(=N)N)cc1NC. The van der Waals surface area contributed by atoms with Crippen molar-refractivity contribution in [2.75, 3.05) is 19.0 Å². The molecule has 156 valence electrons. The number of nitrogens with one attached hydrogen (secondary N) is 2. The number of unbranched alkanes of at least 4 members (excludes halogenated alkanes) is 1. The van der Waals surface area contributed by atoms with Crippen LogP contribution in [0.1, 0.15) is 50.3 Å². The van der Waals surface area contributed by atoms with Crippen LogP contribution in [0, 0.1) is 11.3 Å². The number of benzene rings is 1. The van der Waals surface area contributed by atoms with Crippen LogP contribution < -0.4 is 15.8 Å². The molecular formula is C22H29ClN4O2. The van der Waals surface area contributed by atoms with Gasteiger partial charge in [-0.25, -0.2) is 4.98 Å². The minimum absolute atomic E-state index is 0.0511. The highest BCUT2D eigenvalue weighted by molar-refractivity contribution is 6.32. The summed E-state index contributed by atoms with van der Waals surface area (Å²) >= 11 is 6.43. The van der Waals surface area contributed by atoms with Crippen LogP contribution in [-0.4, -0.2) is 29.6 Å². The summed E-state index contributed by atoms with van der Waals surface area (Å²) in [4.78, 5) is 4.40. The maximum Gasteiger partial charge on any atom is 0.232 e. The van der Waals surface area contributed by atoms with E-state index < -0.39 is 0 Å². The van der Waals surface area contributed by atoms with Crippen LogP contribution in [0.4, 0.5) is 5.69 Å². The van der Waals surface area contributed by atoms with Crippen LogP contribution >= 0.6 is 11.6 Å². The summed E-state index contributed by atoms with van der Waals surface area (Å²) in [6, 6.07) is 5.10. The standard InChI is InChI=1S/C22H29ClN4O2/c1-5-6-7-15(14-8-18(23)22(27-11-14)29-12-13(2)3)16-10-20(28)17(21(24)25)9-19(16)26-4/h7-11,13,26,28H,5-6,12H2,1-4H3,(H3,24,25)/b15-7-. The second-order valence-corrected chi connectivity index (χ2v) is 7.61. The molecule has 7 heteroatoms. The number of nitrogens with two attached hydrogens (primary N) is 1. The Morgan fingerprint density at radius 2 is 2.07 bits per heavy atom. The van der Waals surface area contributed by atoms with E-state index in [1.807, 2.05) is 6.07 Å². The van der Waals surface area contributed by atoms with Crippen molar-refractivity contribution in [2.24, 2.45) is 11.7 Å². The molecule has 0 bridgehead atoms. The first-order chi connectivity index (χ1) is 13.8. The first-order valence-corrected chi connectivity index (χ1v) is 10.0. The maximum absolute atomic E-state index is 10.4. The van der Waals surface area contributed by atoms with Crippen molar-refractivity contribution in [3.8, 4) is 11.6 Å². The normalized spacial score (nSPS) is 11.6. The smallest absolute Gasteiger partial charge is 0.232 e. The minimum atomic E-state index is -0.194. The van der Waals surface area contributed by atoms with Gasteiger partial charge in [0.2, 0.25) is 5.88 Å². The van der Waals surface area contributed by atoms with Crippen molar-refractivity contribution in [3.63, 3.8) is 0 Å². The quantitative estimate of drug-likeness (QED) is 0.260. The van der Waals surface area contributed by atoms with Gasteiger partial charge in [-0.15, -0.1) is 0 Å². The number of anilines is 1. The van der Waals surface area contributed by atoms with Crippen molar-refractivity contribution in [1.82, 2.24) is 4.98 Å². The fraction of sp³-hybridized carbons (Fsp3) is 0.364. The first kappa shape index (κ1) is 22.6. The minimum Gasteiger partial charge on any atom is -0.507 e. The van der Waals surface area contributed by atoms with Crippen LogP contribution in [-0.2, 0) is 0 Å². The summed E-state index contributed by atoms with van der Waals surface area (Å²) in [5.74, 6) is 0.530. The van der Waals surface area contributed by atoms with Crippen LogP contribution in [0.25, 0.3) is 5.57 Å². The van der Waals surface area contributed by atoms with Gasteiger partial charge in [-0.05, 0) is 36.1 Å². The molecule has 0 aliphatic heterocycles. The van der Waals surface area contributed by atoms with Crippen molar-refractivity contribution < 1.29 is 9.84 Å². The van der Waals surface area contributed by atoms with Gasteiger partial charge in [0, 0.05) is 30.1 Å². The van der Waals surface area contributed by atoms with E-state index in [2.05, 4.69) is 37.1 Å². The zero-order valence-corrected chi connectivity index (χ0v) is 18.1. The molecule has 2 rings (SSSR count). The Balaban J connectivity index is 2.55. The highest BCUT2D eigenvalue weighted by Gasteiger charge is 2.17. The fourth-order valence-corrected chi connectivity index (χ4v) is 3.05. The number of halogens is 1. The number of allylic oxidation sites excluding steroid dienone is 1. The molecule has 2 aromatic rings. The average Bonchev–Trinajstić information content (AvgIpc) is 2.67. The lowest BCUT2D eigenvalue weighted by molar-refractivity contribution is 0.261. The van der Waals surface area contributed by atoms with Gasteiger partial charge in [-0.1, -0.05) is 44.9 Å². The number of rotatable bonds is 9. The van der Waals surface area contributed by atoms with E-state index in [1.165, 1.54) is 0 Å². The Labute approximate surface area is 177 Å². The number of pyridine rings is 1. The molecule has 0 unspecified atom stereocenters. The van der Waals surface area contributed by atoms with Crippen LogP contribution in [0.15, 0.2) is 30.5 Å². The molecular weight excluding hydrogens is 388 g/mol. The van der Waals surface area contributed by atoms with E-state index in [4.69, 9.17) is 27.5 Å². The molecule has 1 aromatic heterocycles. The summed E-state index contributed by atoms with van der Waals surface area (Å²) in [6.45, 7) is 6.75. The van der Waals surface area contributed by atoms with Gasteiger partial charge in [-0.3, -0.25) is 5.41 Å². The Kier molecular flexibility index (Phi) is 7.91. The number of ether oxygens (including phenoxy) is 1. The molecule has 1 aromatic carbocycles. The van der Waals surface area contributed by atoms with Gasteiger partial charge in [0.15, 0.2) is 0 Å². The summed E-state index contributed by atoms with van der Waals surface area (Å²) in [5, 5.41) is 21.6. The number of aromatic nitrogens is 1. The zero-order chi connectivity index (χ0) is 21.6. The van der Waals surface area contributed by atoms with Gasteiger partial charge < -0.3 is 20.9 Å². The molecule has 0 aliphatic rings. The van der Waals surface area contributed by atoms with E-state index in [0.29, 0.717) is 23.4 Å². The maximum atomic E-state index is 10.4. The van der Waals surface area contributed by atoms with Gasteiger partial charge in [0.05, 0.1) is 12.2 Å². The number of hydrogen-bond donors (Lipinski definition) is 4. The van der Waals surface area contributed by atoms with E-state index in [9.17, 15) is 5.11 Å². The topological polar surface area (TPSA) is 104 Å². The second kappa shape index (κ2) is 10.2. The van der Waals surface area contributed by atoms with Crippen molar-refractivity contribution >= 4 is 28.7 Å². The molecule has 0 atom stereocenters. The molecule has 0 saturated carbocycles. The molecule has 5 N–H and O–H groups in total. The Morgan fingerprint density at radius 1 is 1.34 bits per heavy atom. The Bertz CT molecular complexity index is 910. The van der Waals surface area contributed by atoms with Crippen LogP contribution in [0.3, 0.4) is 0 Å². The van der Waals surface area contributed by atoms with E-state index >= 15 is 0 Å². The molecule has 6 nitrogen and oxygen atoms in total. The predicted molar refractivity (Wildman–Crippen MR) is 120 cm³/mol. The molecule has 29 heavy (non-hydrogen) atoms. The van der Waals surface area contributed by atoms with Gasteiger partial charge >= 0.3 is 0 Å². The van der Waals surface area contributed by atoms with E-state index in [1.54, 1.807) is 25.4 Å². The first-order valence-electron chi connectivity index (χ1n) is 9.66. The molecule has 0 spiro atoms. The summed E-state index contributed by atoms with van der Waals surface area (Å²) in [7, 11) is 1.78. The number of hydrogen-bond acceptors (Lipinski definition) is 5. The third-order valence-corrected chi connectivity index (χ3v) is 4.57. The number of phenols is 1. The monoisotopic (exact) mass is 416 g/mol. The van der Waals surface area contributed by atoms with Gasteiger partial charge in [0.25, 0.3) is 0 Å². The lowest BCUT2D eigenvalue weighted by atomic mass is 9.94. The van der Waals surface area contributed by atoms with Crippen LogP contribution in [0.2, 0.25) is 5.02 Å². The Hall–Kier alpha value is -2.73. The molecule has 0 saturated heterocycles. The van der Waals surface area contributed by atoms with Crippen LogP contribution in [0.5, 0.6) is 11.6 Å². The third kappa shape index (κ3) is 5.64. The van der Waals surface area contributed by atoms with Gasteiger partial charge in [-0.2, -0.15) is 0 Å². The second-order valence-electron chi connectivity index (χ2n) is 7.20. The fourth-order valence-electron chi connectivity index (χ4n) is 2.83. The number of nitrogen functional groups attached to an aromatic ring is 1. The molecule has 0 aliphatic carbocycles. The molecule has 0 amide bonds. The predicted octanol–water partition coefficient (Wildman–Crippen LogP) is 5.03. The van der Waals surface area contributed by atoms with E-state index in [0.717, 1.165) is 35.2 Å². The lowest BCUT2D eigenvalue weighted by Gasteiger charge is -2.17. The highest BCUT2D eigenvalue weighted by atomic mass is 35.5. The zero-order valence-electron chi connectivity index (χ0n) is 17.3. The summed E-state index contributed by atoms with van der Waals surface area (Å²) < 4.78 is 5.67. The highest BCUT2D eigenvalue weighted by Crippen LogP contribution is 2.36. The van der Waals surface area contributed by atoms with Crippen molar-refractivity contribution in [1.29, 1.82) is 5.41 Å². The molecule has 0 fully saturated rings. The van der Waals surface area contributed by atoms with Crippen molar-refractivity contribution in [2.45, 2.75) is 33.6 Å². The third-order valence-electron chi connectivity index (χ3n) is 4.29. The Morgan fingerprint density at radius 3 is 2.62 bits per heavy atom. The summed E-state index contributed by atoms with van der Waals surface area (Å²) in [5.41, 5.74) is 9.07. The number of aromatic hydroxyl groups is 1. The lowest BCUT2D eigenvalue weighted by Crippen LogP contribution is -2.12. The number of amidine groups is 1. The molecule has 0 radical (unpaired) electrons. The largest absolute Gasteiger partial charge is 0.507 e. The van der Waals surface area contributed by atoms with E-state index in [-0.39, 0.29) is 17.1 Å². The number of nitrogens with zero attached hydrogens (tertiary/aromatic N) is 1. The number of phenolic OH excluding ortho intramolecular Hbond substituents is 1. The average molecular weight is 417 g/mol.